The number of hydrogen-bond acceptors (Lipinski definition) is 4. The molecule has 0 saturated carbocycles. The molecule has 0 spiro atoms. The van der Waals surface area contributed by atoms with Crippen molar-refractivity contribution in [1.29, 1.82) is 0 Å². The maximum absolute atomic E-state index is 13.3. The van der Waals surface area contributed by atoms with E-state index in [1.807, 2.05) is 24.5 Å². The van der Waals surface area contributed by atoms with Crippen molar-refractivity contribution in [2.75, 3.05) is 12.3 Å². The summed E-state index contributed by atoms with van der Waals surface area (Å²) < 4.78 is 15.2. The number of aryl methyl sites for hydroxylation is 1. The van der Waals surface area contributed by atoms with Gasteiger partial charge in [-0.3, -0.25) is 4.79 Å². The molecule has 128 valence electrons. The van der Waals surface area contributed by atoms with Crippen molar-refractivity contribution in [3.8, 4) is 0 Å². The molecule has 2 aromatic rings. The van der Waals surface area contributed by atoms with Crippen LogP contribution < -0.4 is 0 Å². The van der Waals surface area contributed by atoms with Gasteiger partial charge in [0.2, 0.25) is 5.91 Å². The molecule has 2 rings (SSSR count). The van der Waals surface area contributed by atoms with Gasteiger partial charge in [-0.2, -0.15) is 0 Å². The first-order valence-corrected chi connectivity index (χ1v) is 8.69. The lowest BCUT2D eigenvalue weighted by molar-refractivity contribution is -0.128. The van der Waals surface area contributed by atoms with E-state index in [0.29, 0.717) is 24.8 Å². The Kier molecular flexibility index (Phi) is 6.54. The molecule has 0 aliphatic heterocycles. The monoisotopic (exact) mass is 348 g/mol. The fourth-order valence-electron chi connectivity index (χ4n) is 2.26. The summed E-state index contributed by atoms with van der Waals surface area (Å²) in [6.07, 6.45) is 1.77. The van der Waals surface area contributed by atoms with E-state index in [0.717, 1.165) is 11.4 Å². The molecule has 0 atom stereocenters. The third kappa shape index (κ3) is 4.67. The average Bonchev–Trinajstić information content (AvgIpc) is 2.91. The minimum atomic E-state index is -0.293. The summed E-state index contributed by atoms with van der Waals surface area (Å²) in [7, 11) is 0. The molecule has 0 aliphatic rings. The van der Waals surface area contributed by atoms with Crippen LogP contribution in [0.1, 0.15) is 18.3 Å². The van der Waals surface area contributed by atoms with Crippen molar-refractivity contribution >= 4 is 17.7 Å². The molecule has 0 radical (unpaired) electrons. The Morgan fingerprint density at radius 2 is 2.25 bits per heavy atom. The molecule has 0 N–H and O–H groups in total. The summed E-state index contributed by atoms with van der Waals surface area (Å²) in [4.78, 5) is 14.1. The number of carbonyl (C=O) groups is 1. The van der Waals surface area contributed by atoms with Gasteiger partial charge in [-0.05, 0) is 31.5 Å². The zero-order chi connectivity index (χ0) is 17.5. The number of hydrogen-bond donors (Lipinski definition) is 0. The van der Waals surface area contributed by atoms with Crippen molar-refractivity contribution in [2.45, 2.75) is 32.1 Å². The molecule has 24 heavy (non-hydrogen) atoms. The highest BCUT2D eigenvalue weighted by atomic mass is 32.2. The van der Waals surface area contributed by atoms with Gasteiger partial charge in [0.15, 0.2) is 5.16 Å². The van der Waals surface area contributed by atoms with Crippen molar-refractivity contribution in [2.24, 2.45) is 0 Å². The number of halogens is 1. The second kappa shape index (κ2) is 8.63. The Balaban J connectivity index is 1.98. The van der Waals surface area contributed by atoms with E-state index in [9.17, 15) is 9.18 Å². The highest BCUT2D eigenvalue weighted by Crippen LogP contribution is 2.18. The lowest BCUT2D eigenvalue weighted by atomic mass is 10.2. The number of rotatable bonds is 8. The van der Waals surface area contributed by atoms with Crippen LogP contribution in [0.5, 0.6) is 0 Å². The number of carbonyl (C=O) groups excluding carboxylic acids is 1. The van der Waals surface area contributed by atoms with Crippen LogP contribution in [-0.2, 0) is 17.9 Å². The van der Waals surface area contributed by atoms with Gasteiger partial charge < -0.3 is 9.47 Å². The van der Waals surface area contributed by atoms with Crippen molar-refractivity contribution in [3.63, 3.8) is 0 Å². The second-order valence-electron chi connectivity index (χ2n) is 5.26. The van der Waals surface area contributed by atoms with Crippen LogP contribution in [0.15, 0.2) is 42.1 Å². The predicted octanol–water partition coefficient (Wildman–Crippen LogP) is 3.05. The third-order valence-corrected chi connectivity index (χ3v) is 4.49. The van der Waals surface area contributed by atoms with Crippen LogP contribution in [0.25, 0.3) is 0 Å². The smallest absolute Gasteiger partial charge is 0.233 e. The second-order valence-corrected chi connectivity index (χ2v) is 6.20. The highest BCUT2D eigenvalue weighted by molar-refractivity contribution is 7.99. The van der Waals surface area contributed by atoms with E-state index in [4.69, 9.17) is 0 Å². The summed E-state index contributed by atoms with van der Waals surface area (Å²) in [6.45, 7) is 9.06. The molecule has 0 bridgehead atoms. The zero-order valence-electron chi connectivity index (χ0n) is 13.9. The standard InChI is InChI=1S/C17H21FN4OS/c1-4-9-22-13(3)19-20-17(22)24-12-16(23)21(5-2)11-14-7-6-8-15(18)10-14/h4,6-8,10H,1,5,9,11-12H2,2-3H3. The Bertz CT molecular complexity index is 716. The quantitative estimate of drug-likeness (QED) is 0.543. The zero-order valence-corrected chi connectivity index (χ0v) is 14.7. The summed E-state index contributed by atoms with van der Waals surface area (Å²) in [5, 5.41) is 8.83. The number of thioether (sulfide) groups is 1. The maximum atomic E-state index is 13.3. The first kappa shape index (κ1) is 18.2. The molecular formula is C17H21FN4OS. The van der Waals surface area contributed by atoms with E-state index in [1.165, 1.54) is 23.9 Å². The molecule has 7 heteroatoms. The Morgan fingerprint density at radius 1 is 1.46 bits per heavy atom. The maximum Gasteiger partial charge on any atom is 0.233 e. The normalized spacial score (nSPS) is 10.6. The van der Waals surface area contributed by atoms with Crippen molar-refractivity contribution < 1.29 is 9.18 Å². The average molecular weight is 348 g/mol. The number of benzene rings is 1. The van der Waals surface area contributed by atoms with E-state index < -0.39 is 0 Å². The lowest BCUT2D eigenvalue weighted by Crippen LogP contribution is -2.31. The minimum absolute atomic E-state index is 0.0161. The molecule has 0 saturated heterocycles. The summed E-state index contributed by atoms with van der Waals surface area (Å²) >= 11 is 1.35. The van der Waals surface area contributed by atoms with Crippen molar-refractivity contribution in [3.05, 3.63) is 54.1 Å². The highest BCUT2D eigenvalue weighted by Gasteiger charge is 2.16. The topological polar surface area (TPSA) is 51.0 Å². The number of aromatic nitrogens is 3. The molecular weight excluding hydrogens is 327 g/mol. The first-order chi connectivity index (χ1) is 11.5. The van der Waals surface area contributed by atoms with Gasteiger partial charge in [-0.1, -0.05) is 30.0 Å². The van der Waals surface area contributed by atoms with Crippen molar-refractivity contribution in [1.82, 2.24) is 19.7 Å². The Hall–Kier alpha value is -2.15. The van der Waals surface area contributed by atoms with Gasteiger partial charge in [-0.25, -0.2) is 4.39 Å². The van der Waals surface area contributed by atoms with Crippen LogP contribution in [-0.4, -0.2) is 37.9 Å². The van der Waals surface area contributed by atoms with Crippen LogP contribution in [0.4, 0.5) is 4.39 Å². The summed E-state index contributed by atoms with van der Waals surface area (Å²) in [5.41, 5.74) is 0.779. The van der Waals surface area contributed by atoms with Crippen LogP contribution in [0.2, 0.25) is 0 Å². The molecule has 5 nitrogen and oxygen atoms in total. The van der Waals surface area contributed by atoms with E-state index in [-0.39, 0.29) is 17.5 Å². The van der Waals surface area contributed by atoms with Gasteiger partial charge in [0.25, 0.3) is 0 Å². The SMILES string of the molecule is C=CCn1c(C)nnc1SCC(=O)N(CC)Cc1cccc(F)c1. The van der Waals surface area contributed by atoms with E-state index in [2.05, 4.69) is 16.8 Å². The van der Waals surface area contributed by atoms with Crippen LogP contribution in [0, 0.1) is 12.7 Å². The minimum Gasteiger partial charge on any atom is -0.338 e. The Morgan fingerprint density at radius 3 is 2.92 bits per heavy atom. The van der Waals surface area contributed by atoms with Gasteiger partial charge in [-0.15, -0.1) is 16.8 Å². The van der Waals surface area contributed by atoms with Gasteiger partial charge in [0.1, 0.15) is 11.6 Å². The molecule has 1 aromatic heterocycles. The molecule has 0 unspecified atom stereocenters. The largest absolute Gasteiger partial charge is 0.338 e. The van der Waals surface area contributed by atoms with Crippen LogP contribution in [0.3, 0.4) is 0 Å². The molecule has 1 heterocycles. The van der Waals surface area contributed by atoms with Gasteiger partial charge in [0, 0.05) is 19.6 Å². The van der Waals surface area contributed by atoms with Crippen LogP contribution >= 0.6 is 11.8 Å². The van der Waals surface area contributed by atoms with Gasteiger partial charge in [0.05, 0.1) is 5.75 Å². The fourth-order valence-corrected chi connectivity index (χ4v) is 3.15. The van der Waals surface area contributed by atoms with E-state index in [1.54, 1.807) is 17.0 Å². The summed E-state index contributed by atoms with van der Waals surface area (Å²) in [5.74, 6) is 0.742. The Labute approximate surface area is 145 Å². The first-order valence-electron chi connectivity index (χ1n) is 7.70. The molecule has 1 aromatic carbocycles. The summed E-state index contributed by atoms with van der Waals surface area (Å²) in [6, 6.07) is 6.31. The third-order valence-electron chi connectivity index (χ3n) is 3.54. The van der Waals surface area contributed by atoms with E-state index >= 15 is 0 Å². The number of nitrogens with zero attached hydrogens (tertiary/aromatic N) is 4. The fraction of sp³-hybridized carbons (Fsp3) is 0.353. The lowest BCUT2D eigenvalue weighted by Gasteiger charge is -2.20. The predicted molar refractivity (Wildman–Crippen MR) is 93.2 cm³/mol. The molecule has 0 fully saturated rings. The van der Waals surface area contributed by atoms with Gasteiger partial charge >= 0.3 is 0 Å². The number of allylic oxidation sites excluding steroid dienone is 1. The number of amides is 1. The molecule has 1 amide bonds. The molecule has 0 aliphatic carbocycles.